The van der Waals surface area contributed by atoms with E-state index in [9.17, 15) is 41.9 Å². The number of hydrogen-bond donors (Lipinski definition) is 3. The number of ether oxygens (including phenoxy) is 1. The van der Waals surface area contributed by atoms with Crippen molar-refractivity contribution in [3.05, 3.63) is 101 Å². The largest absolute Gasteiger partial charge is 0.457 e. The number of fused-ring (bicyclic) bond motifs is 2. The van der Waals surface area contributed by atoms with Crippen LogP contribution in [0.2, 0.25) is 0 Å². The van der Waals surface area contributed by atoms with Gasteiger partial charge in [0.2, 0.25) is 17.7 Å². The molecule has 0 aromatic heterocycles. The van der Waals surface area contributed by atoms with Crippen molar-refractivity contribution in [2.75, 3.05) is 31.5 Å². The molecule has 0 aliphatic carbocycles. The standard InChI is InChI=1S/C38H32F3N5O7/c39-38(40,41)24-8-10-25(11-9-24)53-30-6-1-3-22-17-23(7-12-26(22)30)35(50)45-19-21(20-45)18-43-31(47)15-16-42-28-5-2-4-27-33(28)37(52)46(36(27)51)29-13-14-32(48)44-34(29)49/h1-12,17,21,29,42H,13-16,18-20H2,(H,43,47)(H,44,48,49). The lowest BCUT2D eigenvalue weighted by atomic mass is 9.97. The third-order valence-corrected chi connectivity index (χ3v) is 9.46. The number of carbonyl (C=O) groups is 6. The topological polar surface area (TPSA) is 154 Å². The van der Waals surface area contributed by atoms with Gasteiger partial charge in [-0.3, -0.25) is 39.0 Å². The Morgan fingerprint density at radius 3 is 2.40 bits per heavy atom. The maximum absolute atomic E-state index is 13.3. The highest BCUT2D eigenvalue weighted by atomic mass is 19.4. The van der Waals surface area contributed by atoms with Crippen LogP contribution in [0.3, 0.4) is 0 Å². The van der Waals surface area contributed by atoms with Crippen LogP contribution in [0, 0.1) is 5.92 Å². The van der Waals surface area contributed by atoms with E-state index in [2.05, 4.69) is 16.0 Å². The molecule has 3 N–H and O–H groups in total. The minimum Gasteiger partial charge on any atom is -0.457 e. The molecule has 0 bridgehead atoms. The van der Waals surface area contributed by atoms with Gasteiger partial charge in [0.05, 0.1) is 16.7 Å². The maximum Gasteiger partial charge on any atom is 0.416 e. The maximum atomic E-state index is 13.3. The third-order valence-electron chi connectivity index (χ3n) is 9.46. The second-order valence-corrected chi connectivity index (χ2v) is 13.0. The molecule has 15 heteroatoms. The Hall–Kier alpha value is -6.25. The number of halogens is 3. The molecule has 53 heavy (non-hydrogen) atoms. The molecule has 7 rings (SSSR count). The summed E-state index contributed by atoms with van der Waals surface area (Å²) >= 11 is 0. The number of imide groups is 2. The lowest BCUT2D eigenvalue weighted by molar-refractivity contribution is -0.138. The Balaban J connectivity index is 0.873. The zero-order valence-corrected chi connectivity index (χ0v) is 28.0. The molecule has 3 heterocycles. The summed E-state index contributed by atoms with van der Waals surface area (Å²) in [5, 5.41) is 9.50. The first-order valence-corrected chi connectivity index (χ1v) is 16.9. The van der Waals surface area contributed by atoms with Crippen LogP contribution < -0.4 is 20.7 Å². The SMILES string of the molecule is O=C(CCNc1cccc2c1C(=O)N(C1CCC(=O)NC1=O)C2=O)NCC1CN(C(=O)c2ccc3c(Oc4ccc(C(F)(F)F)cc4)cccc3c2)C1. The molecular weight excluding hydrogens is 695 g/mol. The number of nitrogens with one attached hydrogen (secondary N) is 3. The second-order valence-electron chi connectivity index (χ2n) is 13.0. The van der Waals surface area contributed by atoms with Gasteiger partial charge < -0.3 is 20.3 Å². The monoisotopic (exact) mass is 727 g/mol. The molecule has 2 saturated heterocycles. The zero-order valence-electron chi connectivity index (χ0n) is 28.0. The smallest absolute Gasteiger partial charge is 0.416 e. The Labute approximate surface area is 300 Å². The Morgan fingerprint density at radius 2 is 1.66 bits per heavy atom. The van der Waals surface area contributed by atoms with Gasteiger partial charge in [-0.05, 0) is 72.5 Å². The van der Waals surface area contributed by atoms with Crippen LogP contribution in [-0.4, -0.2) is 77.5 Å². The average molecular weight is 728 g/mol. The number of nitrogens with zero attached hydrogens (tertiary/aromatic N) is 2. The van der Waals surface area contributed by atoms with Gasteiger partial charge in [-0.15, -0.1) is 0 Å². The summed E-state index contributed by atoms with van der Waals surface area (Å²) < 4.78 is 44.6. The minimum absolute atomic E-state index is 0.0158. The van der Waals surface area contributed by atoms with Crippen LogP contribution in [0.25, 0.3) is 10.8 Å². The van der Waals surface area contributed by atoms with Crippen LogP contribution in [0.5, 0.6) is 11.5 Å². The number of amides is 6. The van der Waals surface area contributed by atoms with E-state index in [1.165, 1.54) is 18.2 Å². The van der Waals surface area contributed by atoms with Crippen LogP contribution >= 0.6 is 0 Å². The summed E-state index contributed by atoms with van der Waals surface area (Å²) in [6.07, 6.45) is -4.32. The summed E-state index contributed by atoms with van der Waals surface area (Å²) in [6, 6.07) is 18.4. The predicted octanol–water partition coefficient (Wildman–Crippen LogP) is 4.74. The van der Waals surface area contributed by atoms with Gasteiger partial charge in [-0.2, -0.15) is 13.2 Å². The van der Waals surface area contributed by atoms with E-state index < -0.39 is 41.4 Å². The van der Waals surface area contributed by atoms with Crippen LogP contribution in [0.15, 0.2) is 78.9 Å². The van der Waals surface area contributed by atoms with Crippen molar-refractivity contribution in [1.29, 1.82) is 0 Å². The first-order valence-electron chi connectivity index (χ1n) is 16.9. The quantitative estimate of drug-likeness (QED) is 0.198. The van der Waals surface area contributed by atoms with Crippen molar-refractivity contribution in [3.8, 4) is 11.5 Å². The van der Waals surface area contributed by atoms with Gasteiger partial charge in [-0.1, -0.05) is 18.2 Å². The number of likely N-dealkylation sites (tertiary alicyclic amines) is 1. The fourth-order valence-corrected chi connectivity index (χ4v) is 6.68. The van der Waals surface area contributed by atoms with E-state index in [1.54, 1.807) is 47.4 Å². The average Bonchev–Trinajstić information content (AvgIpc) is 3.36. The molecular formula is C38H32F3N5O7. The minimum atomic E-state index is -4.45. The number of anilines is 1. The first kappa shape index (κ1) is 35.2. The highest BCUT2D eigenvalue weighted by Crippen LogP contribution is 2.35. The van der Waals surface area contributed by atoms with E-state index in [1.807, 2.05) is 6.07 Å². The molecule has 0 saturated carbocycles. The molecule has 3 aliphatic rings. The van der Waals surface area contributed by atoms with Gasteiger partial charge in [0.15, 0.2) is 0 Å². The lowest BCUT2D eigenvalue weighted by Crippen LogP contribution is -2.54. The lowest BCUT2D eigenvalue weighted by Gasteiger charge is -2.39. The van der Waals surface area contributed by atoms with Gasteiger partial charge in [0, 0.05) is 61.6 Å². The van der Waals surface area contributed by atoms with E-state index in [4.69, 9.17) is 4.74 Å². The van der Waals surface area contributed by atoms with Gasteiger partial charge in [0.25, 0.3) is 17.7 Å². The number of piperidine rings is 1. The molecule has 12 nitrogen and oxygen atoms in total. The summed E-state index contributed by atoms with van der Waals surface area (Å²) in [5.74, 6) is -2.10. The number of benzene rings is 4. The highest BCUT2D eigenvalue weighted by molar-refractivity contribution is 6.25. The highest BCUT2D eigenvalue weighted by Gasteiger charge is 2.45. The fraction of sp³-hybridized carbons (Fsp3) is 0.263. The molecule has 3 aliphatic heterocycles. The predicted molar refractivity (Wildman–Crippen MR) is 184 cm³/mol. The van der Waals surface area contributed by atoms with E-state index in [0.717, 1.165) is 22.4 Å². The number of hydrogen-bond acceptors (Lipinski definition) is 8. The van der Waals surface area contributed by atoms with Crippen LogP contribution in [0.4, 0.5) is 18.9 Å². The molecule has 0 radical (unpaired) electrons. The number of carbonyl (C=O) groups excluding carboxylic acids is 6. The van der Waals surface area contributed by atoms with Gasteiger partial charge in [0.1, 0.15) is 17.5 Å². The van der Waals surface area contributed by atoms with Crippen molar-refractivity contribution in [2.24, 2.45) is 5.92 Å². The summed E-state index contributed by atoms with van der Waals surface area (Å²) in [7, 11) is 0. The molecule has 6 amide bonds. The van der Waals surface area contributed by atoms with Crippen LogP contribution in [-0.2, 0) is 20.6 Å². The molecule has 1 unspecified atom stereocenters. The normalized spacial score (nSPS) is 17.4. The fourth-order valence-electron chi connectivity index (χ4n) is 6.68. The van der Waals surface area contributed by atoms with E-state index in [0.29, 0.717) is 42.0 Å². The molecule has 1 atom stereocenters. The molecule has 272 valence electrons. The van der Waals surface area contributed by atoms with Crippen molar-refractivity contribution in [2.45, 2.75) is 31.5 Å². The Kier molecular flexibility index (Phi) is 9.32. The Morgan fingerprint density at radius 1 is 0.906 bits per heavy atom. The molecule has 4 aromatic rings. The summed E-state index contributed by atoms with van der Waals surface area (Å²) in [5.41, 5.74) is 0.292. The zero-order chi connectivity index (χ0) is 37.4. The number of rotatable bonds is 10. The van der Waals surface area contributed by atoms with Crippen LogP contribution in [0.1, 0.15) is 55.9 Å². The van der Waals surface area contributed by atoms with E-state index >= 15 is 0 Å². The Bertz CT molecular complexity index is 2170. The number of alkyl halides is 3. The van der Waals surface area contributed by atoms with Gasteiger partial charge >= 0.3 is 6.18 Å². The third kappa shape index (κ3) is 7.14. The first-order chi connectivity index (χ1) is 25.4. The molecule has 0 spiro atoms. The summed E-state index contributed by atoms with van der Waals surface area (Å²) in [6.45, 7) is 1.42. The second kappa shape index (κ2) is 14.1. The molecule has 2 fully saturated rings. The van der Waals surface area contributed by atoms with Crippen molar-refractivity contribution in [3.63, 3.8) is 0 Å². The van der Waals surface area contributed by atoms with Crippen molar-refractivity contribution >= 4 is 51.9 Å². The van der Waals surface area contributed by atoms with Gasteiger partial charge in [-0.25, -0.2) is 0 Å². The van der Waals surface area contributed by atoms with Crippen molar-refractivity contribution in [1.82, 2.24) is 20.4 Å². The molecule has 4 aromatic carbocycles. The summed E-state index contributed by atoms with van der Waals surface area (Å²) in [4.78, 5) is 78.6. The van der Waals surface area contributed by atoms with Crippen molar-refractivity contribution < 1.29 is 46.7 Å². The van der Waals surface area contributed by atoms with E-state index in [-0.39, 0.29) is 60.4 Å².